The molecule has 8 nitrogen and oxygen atoms in total. The highest BCUT2D eigenvalue weighted by Crippen LogP contribution is 2.13. The van der Waals surface area contributed by atoms with E-state index in [4.69, 9.17) is 26.1 Å². The van der Waals surface area contributed by atoms with E-state index in [1.165, 1.54) is 11.0 Å². The fourth-order valence-corrected chi connectivity index (χ4v) is 2.52. The highest BCUT2D eigenvalue weighted by molar-refractivity contribution is 5.83. The van der Waals surface area contributed by atoms with Gasteiger partial charge in [-0.3, -0.25) is 4.90 Å². The van der Waals surface area contributed by atoms with Gasteiger partial charge in [0.15, 0.2) is 0 Å². The Kier molecular flexibility index (Phi) is 17.0. The second-order valence-electron chi connectivity index (χ2n) is 8.24. The number of amides is 1. The van der Waals surface area contributed by atoms with Gasteiger partial charge in [-0.1, -0.05) is 32.8 Å². The minimum absolute atomic E-state index is 0.0463. The third kappa shape index (κ3) is 15.3. The van der Waals surface area contributed by atoms with Crippen molar-refractivity contribution in [2.24, 2.45) is 0 Å². The van der Waals surface area contributed by atoms with Gasteiger partial charge in [0.2, 0.25) is 0 Å². The van der Waals surface area contributed by atoms with Gasteiger partial charge in [-0.25, -0.2) is 9.18 Å². The van der Waals surface area contributed by atoms with Crippen LogP contribution in [0.4, 0.5) is 14.9 Å². The van der Waals surface area contributed by atoms with Crippen LogP contribution < -0.4 is 11.1 Å². The predicted molar refractivity (Wildman–Crippen MR) is 131 cm³/mol. The van der Waals surface area contributed by atoms with Gasteiger partial charge >= 0.3 is 6.09 Å². The number of carbonyl (C=O) groups is 1. The minimum atomic E-state index is -0.439. The summed E-state index contributed by atoms with van der Waals surface area (Å²) in [6.45, 7) is 9.56. The molecule has 9 heteroatoms. The SMILES string of the molecule is CCCCC(=N)Cc1ccc(N)c(F)c1.CCCCN(CO)C(=O)OC(C)C.OC1CNC1. The van der Waals surface area contributed by atoms with Crippen molar-refractivity contribution in [3.63, 3.8) is 0 Å². The number of unbranched alkanes of at least 4 members (excludes halogenated alkanes) is 2. The zero-order valence-electron chi connectivity index (χ0n) is 20.6. The number of aliphatic hydroxyl groups is 2. The number of nitrogens with zero attached hydrogens (tertiary/aromatic N) is 1. The van der Waals surface area contributed by atoms with Crippen LogP contribution in [-0.4, -0.2) is 65.5 Å². The molecule has 190 valence electrons. The summed E-state index contributed by atoms with van der Waals surface area (Å²) >= 11 is 0. The van der Waals surface area contributed by atoms with E-state index < -0.39 is 11.9 Å². The summed E-state index contributed by atoms with van der Waals surface area (Å²) < 4.78 is 18.0. The summed E-state index contributed by atoms with van der Waals surface area (Å²) in [4.78, 5) is 12.5. The van der Waals surface area contributed by atoms with Crippen molar-refractivity contribution < 1.29 is 24.1 Å². The van der Waals surface area contributed by atoms with Crippen molar-refractivity contribution >= 4 is 17.5 Å². The van der Waals surface area contributed by atoms with E-state index >= 15 is 0 Å². The number of ether oxygens (including phenoxy) is 1. The first kappa shape index (κ1) is 30.8. The molecule has 0 spiro atoms. The van der Waals surface area contributed by atoms with Crippen LogP contribution in [0, 0.1) is 11.2 Å². The molecular formula is C24H43FN4O4. The number of hydrogen-bond donors (Lipinski definition) is 5. The van der Waals surface area contributed by atoms with E-state index in [9.17, 15) is 9.18 Å². The van der Waals surface area contributed by atoms with Crippen molar-refractivity contribution in [3.8, 4) is 0 Å². The van der Waals surface area contributed by atoms with Crippen LogP contribution in [0.15, 0.2) is 18.2 Å². The Labute approximate surface area is 197 Å². The molecule has 2 rings (SSSR count). The van der Waals surface area contributed by atoms with Gasteiger partial charge < -0.3 is 31.4 Å². The number of nitrogen functional groups attached to an aromatic ring is 1. The van der Waals surface area contributed by atoms with E-state index in [1.807, 2.05) is 6.92 Å². The Morgan fingerprint density at radius 2 is 1.91 bits per heavy atom. The van der Waals surface area contributed by atoms with Crippen molar-refractivity contribution in [1.29, 1.82) is 5.41 Å². The molecule has 1 amide bonds. The molecule has 0 radical (unpaired) electrons. The van der Waals surface area contributed by atoms with Gasteiger partial charge in [-0.05, 0) is 50.8 Å². The fourth-order valence-electron chi connectivity index (χ4n) is 2.52. The van der Waals surface area contributed by atoms with Crippen molar-refractivity contribution in [1.82, 2.24) is 10.2 Å². The van der Waals surface area contributed by atoms with Crippen LogP contribution in [0.25, 0.3) is 0 Å². The Bertz CT molecular complexity index is 684. The number of nitrogens with two attached hydrogens (primary N) is 1. The summed E-state index contributed by atoms with van der Waals surface area (Å²) in [5.74, 6) is -0.393. The fraction of sp³-hybridized carbons (Fsp3) is 0.667. The topological polar surface area (TPSA) is 132 Å². The molecule has 1 aliphatic heterocycles. The van der Waals surface area contributed by atoms with Crippen molar-refractivity contribution in [2.45, 2.75) is 78.4 Å². The van der Waals surface area contributed by atoms with Crippen LogP contribution >= 0.6 is 0 Å². The average molecular weight is 471 g/mol. The smallest absolute Gasteiger partial charge is 0.411 e. The normalized spacial score (nSPS) is 12.6. The lowest BCUT2D eigenvalue weighted by Crippen LogP contribution is -2.46. The number of anilines is 1. The lowest BCUT2D eigenvalue weighted by atomic mass is 10.0. The van der Waals surface area contributed by atoms with Crippen LogP contribution in [0.1, 0.15) is 65.4 Å². The van der Waals surface area contributed by atoms with Gasteiger partial charge in [0.25, 0.3) is 0 Å². The molecule has 33 heavy (non-hydrogen) atoms. The van der Waals surface area contributed by atoms with Gasteiger partial charge in [0.1, 0.15) is 12.5 Å². The molecule has 1 heterocycles. The molecule has 1 fully saturated rings. The van der Waals surface area contributed by atoms with E-state index in [0.29, 0.717) is 18.7 Å². The maximum absolute atomic E-state index is 13.1. The second-order valence-corrected chi connectivity index (χ2v) is 8.24. The number of nitrogens with one attached hydrogen (secondary N) is 2. The minimum Gasteiger partial charge on any atom is -0.447 e. The summed E-state index contributed by atoms with van der Waals surface area (Å²) in [6, 6.07) is 4.74. The first-order valence-corrected chi connectivity index (χ1v) is 11.7. The zero-order chi connectivity index (χ0) is 25.2. The van der Waals surface area contributed by atoms with Crippen LogP contribution in [0.2, 0.25) is 0 Å². The predicted octanol–water partition coefficient (Wildman–Crippen LogP) is 3.69. The molecule has 0 atom stereocenters. The van der Waals surface area contributed by atoms with Crippen LogP contribution in [0.5, 0.6) is 0 Å². The van der Waals surface area contributed by atoms with E-state index in [-0.39, 0.29) is 24.6 Å². The summed E-state index contributed by atoms with van der Waals surface area (Å²) in [6.07, 6.45) is 4.68. The molecule has 0 aliphatic carbocycles. The lowest BCUT2D eigenvalue weighted by molar-refractivity contribution is 0.0444. The zero-order valence-corrected chi connectivity index (χ0v) is 20.6. The highest BCUT2D eigenvalue weighted by Gasteiger charge is 2.14. The standard InChI is InChI=1S/C12H17FN2.C9H19NO3.C3H7NO/c1-2-3-4-10(14)7-9-5-6-12(15)11(13)8-9;1-4-5-6-10(7-11)9(12)13-8(2)3;5-3-1-4-2-3/h5-6,8,14H,2-4,7,15H2,1H3;8,11H,4-7H2,1-3H3;3-5H,1-2H2. The van der Waals surface area contributed by atoms with E-state index in [1.54, 1.807) is 26.0 Å². The molecule has 6 N–H and O–H groups in total. The van der Waals surface area contributed by atoms with Gasteiger partial charge in [-0.2, -0.15) is 0 Å². The Morgan fingerprint density at radius 1 is 1.30 bits per heavy atom. The van der Waals surface area contributed by atoms with E-state index in [0.717, 1.165) is 50.8 Å². The summed E-state index contributed by atoms with van der Waals surface area (Å²) in [5, 5.41) is 27.9. The van der Waals surface area contributed by atoms with Crippen molar-refractivity contribution in [2.75, 3.05) is 32.1 Å². The number of β-amino-alcohol motifs (C(OH)–C–C–N with tert-alkyl or cyclic N) is 1. The van der Waals surface area contributed by atoms with Crippen molar-refractivity contribution in [3.05, 3.63) is 29.6 Å². The molecule has 1 aliphatic rings. The first-order valence-electron chi connectivity index (χ1n) is 11.7. The number of carbonyl (C=O) groups excluding carboxylic acids is 1. The largest absolute Gasteiger partial charge is 0.447 e. The highest BCUT2D eigenvalue weighted by atomic mass is 19.1. The van der Waals surface area contributed by atoms with Gasteiger partial charge in [0, 0.05) is 31.8 Å². The molecule has 0 saturated carbocycles. The third-order valence-corrected chi connectivity index (χ3v) is 4.62. The number of hydrogen-bond acceptors (Lipinski definition) is 7. The first-order chi connectivity index (χ1) is 15.6. The molecule has 0 bridgehead atoms. The molecule has 1 aromatic carbocycles. The Hall–Kier alpha value is -2.23. The van der Waals surface area contributed by atoms with E-state index in [2.05, 4.69) is 12.2 Å². The number of aliphatic hydroxyl groups excluding tert-OH is 2. The Balaban J connectivity index is 0.000000516. The maximum Gasteiger partial charge on any atom is 0.411 e. The quantitative estimate of drug-likeness (QED) is 0.201. The number of halogens is 1. The second kappa shape index (κ2) is 18.2. The molecule has 1 saturated heterocycles. The molecule has 0 unspecified atom stereocenters. The summed E-state index contributed by atoms with van der Waals surface area (Å²) in [5.41, 5.74) is 7.01. The Morgan fingerprint density at radius 3 is 2.33 bits per heavy atom. The average Bonchev–Trinajstić information content (AvgIpc) is 2.74. The van der Waals surface area contributed by atoms with Gasteiger partial charge in [-0.15, -0.1) is 0 Å². The summed E-state index contributed by atoms with van der Waals surface area (Å²) in [7, 11) is 0. The third-order valence-electron chi connectivity index (χ3n) is 4.62. The van der Waals surface area contributed by atoms with Crippen LogP contribution in [-0.2, 0) is 11.2 Å². The molecule has 1 aromatic rings. The van der Waals surface area contributed by atoms with Crippen LogP contribution in [0.3, 0.4) is 0 Å². The van der Waals surface area contributed by atoms with Gasteiger partial charge in [0.05, 0.1) is 17.9 Å². The molecular weight excluding hydrogens is 427 g/mol. The number of benzene rings is 1. The number of rotatable bonds is 10. The maximum atomic E-state index is 13.1. The monoisotopic (exact) mass is 470 g/mol. The lowest BCUT2D eigenvalue weighted by Gasteiger charge is -2.20. The molecule has 0 aromatic heterocycles.